The Balaban J connectivity index is 2.00. The molecule has 92 valence electrons. The summed E-state index contributed by atoms with van der Waals surface area (Å²) in [7, 11) is 0. The lowest BCUT2D eigenvalue weighted by Gasteiger charge is -2.25. The summed E-state index contributed by atoms with van der Waals surface area (Å²) in [5, 5.41) is 12.8. The maximum Gasteiger partial charge on any atom is 0.0827 e. The van der Waals surface area contributed by atoms with E-state index in [0.29, 0.717) is 5.92 Å². The SMILES string of the molecule is OC(c1cccc2cnccc12)C1CC=CCC1. The molecule has 0 aliphatic heterocycles. The fraction of sp³-hybridized carbons (Fsp3) is 0.312. The zero-order valence-corrected chi connectivity index (χ0v) is 10.3. The van der Waals surface area contributed by atoms with E-state index in [1.165, 1.54) is 0 Å². The molecule has 1 aliphatic carbocycles. The number of aliphatic hydroxyl groups is 1. The highest BCUT2D eigenvalue weighted by molar-refractivity contribution is 5.85. The molecule has 3 rings (SSSR count). The molecule has 1 aliphatic rings. The van der Waals surface area contributed by atoms with E-state index in [-0.39, 0.29) is 6.10 Å². The van der Waals surface area contributed by atoms with E-state index in [0.717, 1.165) is 35.6 Å². The zero-order valence-electron chi connectivity index (χ0n) is 10.3. The van der Waals surface area contributed by atoms with E-state index in [1.54, 1.807) is 6.20 Å². The average molecular weight is 239 g/mol. The smallest absolute Gasteiger partial charge is 0.0827 e. The van der Waals surface area contributed by atoms with Gasteiger partial charge in [-0.05, 0) is 42.2 Å². The molecule has 2 atom stereocenters. The number of hydrogen-bond donors (Lipinski definition) is 1. The van der Waals surface area contributed by atoms with E-state index >= 15 is 0 Å². The van der Waals surface area contributed by atoms with Gasteiger partial charge in [0.2, 0.25) is 0 Å². The van der Waals surface area contributed by atoms with Crippen molar-refractivity contribution in [2.75, 3.05) is 0 Å². The van der Waals surface area contributed by atoms with Gasteiger partial charge in [0.15, 0.2) is 0 Å². The second-order valence-electron chi connectivity index (χ2n) is 4.93. The summed E-state index contributed by atoms with van der Waals surface area (Å²) in [6.45, 7) is 0. The predicted octanol–water partition coefficient (Wildman–Crippen LogP) is 3.62. The van der Waals surface area contributed by atoms with Crippen molar-refractivity contribution in [3.05, 3.63) is 54.4 Å². The van der Waals surface area contributed by atoms with Crippen LogP contribution >= 0.6 is 0 Å². The van der Waals surface area contributed by atoms with Gasteiger partial charge < -0.3 is 5.11 Å². The summed E-state index contributed by atoms with van der Waals surface area (Å²) in [5.74, 6) is 0.341. The van der Waals surface area contributed by atoms with Crippen molar-refractivity contribution in [2.24, 2.45) is 5.92 Å². The lowest BCUT2D eigenvalue weighted by atomic mass is 9.85. The van der Waals surface area contributed by atoms with Crippen LogP contribution in [0.1, 0.15) is 30.9 Å². The average Bonchev–Trinajstić information content (AvgIpc) is 2.47. The van der Waals surface area contributed by atoms with Gasteiger partial charge in [-0.1, -0.05) is 30.4 Å². The van der Waals surface area contributed by atoms with Crippen LogP contribution in [-0.4, -0.2) is 10.1 Å². The summed E-state index contributed by atoms with van der Waals surface area (Å²) in [6.07, 6.45) is 10.8. The minimum Gasteiger partial charge on any atom is -0.388 e. The van der Waals surface area contributed by atoms with Crippen molar-refractivity contribution >= 4 is 10.8 Å². The number of allylic oxidation sites excluding steroid dienone is 2. The van der Waals surface area contributed by atoms with Crippen molar-refractivity contribution < 1.29 is 5.11 Å². The fourth-order valence-corrected chi connectivity index (χ4v) is 2.76. The van der Waals surface area contributed by atoms with Gasteiger partial charge in [0.05, 0.1) is 6.10 Å². The number of benzene rings is 1. The Hall–Kier alpha value is -1.67. The molecule has 0 spiro atoms. The van der Waals surface area contributed by atoms with Gasteiger partial charge in [-0.2, -0.15) is 0 Å². The highest BCUT2D eigenvalue weighted by Crippen LogP contribution is 2.34. The van der Waals surface area contributed by atoms with Crippen LogP contribution in [0, 0.1) is 5.92 Å². The maximum atomic E-state index is 10.6. The molecule has 18 heavy (non-hydrogen) atoms. The lowest BCUT2D eigenvalue weighted by molar-refractivity contribution is 0.104. The third kappa shape index (κ3) is 2.04. The minimum absolute atomic E-state index is 0.341. The summed E-state index contributed by atoms with van der Waals surface area (Å²) in [5.41, 5.74) is 1.04. The Kier molecular flexibility index (Phi) is 3.11. The van der Waals surface area contributed by atoms with Gasteiger partial charge in [0, 0.05) is 17.8 Å². The van der Waals surface area contributed by atoms with E-state index in [9.17, 15) is 5.11 Å². The maximum absolute atomic E-state index is 10.6. The summed E-state index contributed by atoms with van der Waals surface area (Å²) >= 11 is 0. The van der Waals surface area contributed by atoms with E-state index < -0.39 is 0 Å². The second-order valence-corrected chi connectivity index (χ2v) is 4.93. The molecule has 1 N–H and O–H groups in total. The molecular formula is C16H17NO. The highest BCUT2D eigenvalue weighted by Gasteiger charge is 2.22. The Morgan fingerprint density at radius 1 is 1.22 bits per heavy atom. The molecule has 0 bridgehead atoms. The summed E-state index contributed by atoms with van der Waals surface area (Å²) in [4.78, 5) is 4.13. The van der Waals surface area contributed by atoms with Gasteiger partial charge in [0.25, 0.3) is 0 Å². The topological polar surface area (TPSA) is 33.1 Å². The monoisotopic (exact) mass is 239 g/mol. The quantitative estimate of drug-likeness (QED) is 0.812. The first-order valence-corrected chi connectivity index (χ1v) is 6.52. The zero-order chi connectivity index (χ0) is 12.4. The van der Waals surface area contributed by atoms with Crippen molar-refractivity contribution in [1.29, 1.82) is 0 Å². The molecule has 0 saturated heterocycles. The largest absolute Gasteiger partial charge is 0.388 e. The third-order valence-corrected chi connectivity index (χ3v) is 3.79. The molecular weight excluding hydrogens is 222 g/mol. The molecule has 0 saturated carbocycles. The number of aromatic nitrogens is 1. The van der Waals surface area contributed by atoms with Crippen LogP contribution in [0.2, 0.25) is 0 Å². The fourth-order valence-electron chi connectivity index (χ4n) is 2.76. The van der Waals surface area contributed by atoms with Gasteiger partial charge in [-0.25, -0.2) is 0 Å². The second kappa shape index (κ2) is 4.91. The molecule has 2 unspecified atom stereocenters. The van der Waals surface area contributed by atoms with Crippen molar-refractivity contribution in [1.82, 2.24) is 4.98 Å². The Bertz CT molecular complexity index is 571. The van der Waals surface area contributed by atoms with E-state index in [2.05, 4.69) is 17.1 Å². The molecule has 1 heterocycles. The Morgan fingerprint density at radius 2 is 2.17 bits per heavy atom. The van der Waals surface area contributed by atoms with Crippen molar-refractivity contribution in [3.8, 4) is 0 Å². The van der Waals surface area contributed by atoms with Crippen LogP contribution in [-0.2, 0) is 0 Å². The summed E-state index contributed by atoms with van der Waals surface area (Å²) < 4.78 is 0. The molecule has 2 nitrogen and oxygen atoms in total. The van der Waals surface area contributed by atoms with Gasteiger partial charge in [0.1, 0.15) is 0 Å². The normalized spacial score (nSPS) is 21.1. The van der Waals surface area contributed by atoms with E-state index in [4.69, 9.17) is 0 Å². The molecule has 0 radical (unpaired) electrons. The van der Waals surface area contributed by atoms with E-state index in [1.807, 2.05) is 30.5 Å². The molecule has 2 heteroatoms. The van der Waals surface area contributed by atoms with Crippen molar-refractivity contribution in [3.63, 3.8) is 0 Å². The van der Waals surface area contributed by atoms with Crippen molar-refractivity contribution in [2.45, 2.75) is 25.4 Å². The number of rotatable bonds is 2. The van der Waals surface area contributed by atoms with Crippen LogP contribution in [0.4, 0.5) is 0 Å². The predicted molar refractivity (Wildman–Crippen MR) is 73.2 cm³/mol. The standard InChI is InChI=1S/C16H17NO/c18-16(12-5-2-1-3-6-12)15-8-4-7-13-11-17-10-9-14(13)15/h1-2,4,7-12,16,18H,3,5-6H2. The van der Waals surface area contributed by atoms with Crippen LogP contribution in [0.3, 0.4) is 0 Å². The minimum atomic E-state index is -0.374. The van der Waals surface area contributed by atoms with Gasteiger partial charge >= 0.3 is 0 Å². The van der Waals surface area contributed by atoms with Crippen LogP contribution in [0.5, 0.6) is 0 Å². The lowest BCUT2D eigenvalue weighted by Crippen LogP contribution is -2.14. The number of nitrogens with zero attached hydrogens (tertiary/aromatic N) is 1. The van der Waals surface area contributed by atoms with Gasteiger partial charge in [-0.3, -0.25) is 4.98 Å². The number of hydrogen-bond acceptors (Lipinski definition) is 2. The molecule has 1 aromatic heterocycles. The Labute approximate surface area is 107 Å². The molecule has 0 fully saturated rings. The third-order valence-electron chi connectivity index (χ3n) is 3.79. The first kappa shape index (κ1) is 11.4. The van der Waals surface area contributed by atoms with Crippen LogP contribution in [0.25, 0.3) is 10.8 Å². The molecule has 2 aromatic rings. The molecule has 1 aromatic carbocycles. The first-order valence-electron chi connectivity index (χ1n) is 6.52. The first-order chi connectivity index (χ1) is 8.86. The Morgan fingerprint density at radius 3 is 3.00 bits per heavy atom. The number of aliphatic hydroxyl groups excluding tert-OH is 1. The summed E-state index contributed by atoms with van der Waals surface area (Å²) in [6, 6.07) is 8.07. The van der Waals surface area contributed by atoms with Crippen LogP contribution < -0.4 is 0 Å². The number of pyridine rings is 1. The van der Waals surface area contributed by atoms with Gasteiger partial charge in [-0.15, -0.1) is 0 Å². The number of fused-ring (bicyclic) bond motifs is 1. The van der Waals surface area contributed by atoms with Crippen LogP contribution in [0.15, 0.2) is 48.8 Å². The highest BCUT2D eigenvalue weighted by atomic mass is 16.3. The molecule has 0 amide bonds.